The molecule has 3 heterocycles. The Morgan fingerprint density at radius 3 is 2.75 bits per heavy atom. The van der Waals surface area contributed by atoms with Gasteiger partial charge in [-0.05, 0) is 24.3 Å². The van der Waals surface area contributed by atoms with Crippen LogP contribution in [0.15, 0.2) is 81.6 Å². The van der Waals surface area contributed by atoms with E-state index in [1.807, 2.05) is 40.4 Å². The highest BCUT2D eigenvalue weighted by atomic mass is 32.1. The number of hydrogen-bond acceptors (Lipinski definition) is 5. The average Bonchev–Trinajstić information content (AvgIpc) is 3.30. The van der Waals surface area contributed by atoms with Gasteiger partial charge < -0.3 is 9.73 Å². The smallest absolute Gasteiger partial charge is 0.349 e. The lowest BCUT2D eigenvalue weighted by molar-refractivity contribution is 0.102. The normalized spacial score (nSPS) is 11.1. The van der Waals surface area contributed by atoms with E-state index in [0.717, 1.165) is 16.2 Å². The highest BCUT2D eigenvalue weighted by molar-refractivity contribution is 7.15. The van der Waals surface area contributed by atoms with Gasteiger partial charge in [0.2, 0.25) is 0 Å². The molecule has 28 heavy (non-hydrogen) atoms. The SMILES string of the molecule is O=C(Nc1ccc(-c2cn3ccsc3n2)cc1)c1cc2ccccc2oc1=O. The summed E-state index contributed by atoms with van der Waals surface area (Å²) in [4.78, 5) is 30.1. The number of benzene rings is 2. The van der Waals surface area contributed by atoms with E-state index in [1.165, 1.54) is 0 Å². The summed E-state index contributed by atoms with van der Waals surface area (Å²) in [6.45, 7) is 0. The monoisotopic (exact) mass is 387 g/mol. The molecule has 136 valence electrons. The molecule has 0 saturated heterocycles. The van der Waals surface area contributed by atoms with Crippen LogP contribution in [0.25, 0.3) is 27.2 Å². The topological polar surface area (TPSA) is 76.6 Å². The number of carbonyl (C=O) groups is 1. The lowest BCUT2D eigenvalue weighted by atomic mass is 10.1. The molecule has 5 rings (SSSR count). The van der Waals surface area contributed by atoms with Gasteiger partial charge >= 0.3 is 5.63 Å². The van der Waals surface area contributed by atoms with Crippen molar-refractivity contribution >= 4 is 38.9 Å². The third-order valence-corrected chi connectivity index (χ3v) is 5.19. The van der Waals surface area contributed by atoms with Crippen molar-refractivity contribution in [2.75, 3.05) is 5.32 Å². The molecule has 0 radical (unpaired) electrons. The fourth-order valence-corrected chi connectivity index (χ4v) is 3.71. The third kappa shape index (κ3) is 2.87. The highest BCUT2D eigenvalue weighted by Crippen LogP contribution is 2.23. The number of amides is 1. The summed E-state index contributed by atoms with van der Waals surface area (Å²) in [5, 5.41) is 5.42. The molecule has 5 aromatic rings. The van der Waals surface area contributed by atoms with E-state index in [0.29, 0.717) is 16.7 Å². The van der Waals surface area contributed by atoms with E-state index >= 15 is 0 Å². The largest absolute Gasteiger partial charge is 0.422 e. The predicted octanol–water partition coefficient (Wildman–Crippen LogP) is 4.42. The van der Waals surface area contributed by atoms with Gasteiger partial charge in [0.25, 0.3) is 5.91 Å². The van der Waals surface area contributed by atoms with Crippen LogP contribution < -0.4 is 10.9 Å². The Morgan fingerprint density at radius 2 is 1.93 bits per heavy atom. The maximum absolute atomic E-state index is 12.5. The van der Waals surface area contributed by atoms with Crippen LogP contribution in [0.4, 0.5) is 5.69 Å². The van der Waals surface area contributed by atoms with Crippen LogP contribution in [0.3, 0.4) is 0 Å². The van der Waals surface area contributed by atoms with Gasteiger partial charge in [0.1, 0.15) is 11.1 Å². The van der Waals surface area contributed by atoms with Crippen molar-refractivity contribution in [3.63, 3.8) is 0 Å². The average molecular weight is 387 g/mol. The van der Waals surface area contributed by atoms with Crippen molar-refractivity contribution in [2.24, 2.45) is 0 Å². The number of nitrogens with zero attached hydrogens (tertiary/aromatic N) is 2. The van der Waals surface area contributed by atoms with Gasteiger partial charge in [0, 0.05) is 34.4 Å². The van der Waals surface area contributed by atoms with Crippen LogP contribution in [0.5, 0.6) is 0 Å². The Hall–Kier alpha value is -3.71. The minimum absolute atomic E-state index is 0.0304. The Balaban J connectivity index is 1.40. The van der Waals surface area contributed by atoms with Gasteiger partial charge in [-0.1, -0.05) is 30.3 Å². The van der Waals surface area contributed by atoms with Gasteiger partial charge in [0.15, 0.2) is 4.96 Å². The zero-order valence-electron chi connectivity index (χ0n) is 14.5. The Kier molecular flexibility index (Phi) is 3.80. The molecule has 0 bridgehead atoms. The third-order valence-electron chi connectivity index (χ3n) is 4.42. The summed E-state index contributed by atoms with van der Waals surface area (Å²) in [6, 6.07) is 15.9. The van der Waals surface area contributed by atoms with Crippen molar-refractivity contribution in [2.45, 2.75) is 0 Å². The molecule has 1 N–H and O–H groups in total. The summed E-state index contributed by atoms with van der Waals surface area (Å²) in [6.07, 6.45) is 3.92. The fourth-order valence-electron chi connectivity index (χ4n) is 3.01. The quantitative estimate of drug-likeness (QED) is 0.465. The van der Waals surface area contributed by atoms with Crippen molar-refractivity contribution in [1.29, 1.82) is 0 Å². The minimum Gasteiger partial charge on any atom is -0.422 e. The maximum Gasteiger partial charge on any atom is 0.349 e. The lowest BCUT2D eigenvalue weighted by Gasteiger charge is -2.06. The molecule has 0 aliphatic carbocycles. The molecule has 0 spiro atoms. The Labute approximate surface area is 162 Å². The number of carbonyl (C=O) groups excluding carboxylic acids is 1. The first-order valence-corrected chi connectivity index (χ1v) is 9.42. The molecule has 0 saturated carbocycles. The summed E-state index contributed by atoms with van der Waals surface area (Å²) in [5.41, 5.74) is 2.15. The van der Waals surface area contributed by atoms with Crippen LogP contribution in [0.2, 0.25) is 0 Å². The summed E-state index contributed by atoms with van der Waals surface area (Å²) >= 11 is 1.57. The molecular weight excluding hydrogens is 374 g/mol. The Morgan fingerprint density at radius 1 is 1.11 bits per heavy atom. The van der Waals surface area contributed by atoms with Crippen LogP contribution >= 0.6 is 11.3 Å². The van der Waals surface area contributed by atoms with E-state index in [4.69, 9.17) is 4.42 Å². The molecule has 0 unspecified atom stereocenters. The maximum atomic E-state index is 12.5. The lowest BCUT2D eigenvalue weighted by Crippen LogP contribution is -2.20. The number of rotatable bonds is 3. The van der Waals surface area contributed by atoms with Crippen molar-refractivity contribution in [3.05, 3.63) is 88.4 Å². The second-order valence-electron chi connectivity index (χ2n) is 6.24. The summed E-state index contributed by atoms with van der Waals surface area (Å²) in [5.74, 6) is -0.505. The minimum atomic E-state index is -0.661. The van der Waals surface area contributed by atoms with Crippen molar-refractivity contribution in [1.82, 2.24) is 9.38 Å². The molecule has 0 aliphatic heterocycles. The van der Waals surface area contributed by atoms with Crippen LogP contribution in [-0.2, 0) is 0 Å². The van der Waals surface area contributed by atoms with E-state index in [1.54, 1.807) is 47.7 Å². The van der Waals surface area contributed by atoms with Gasteiger partial charge in [-0.15, -0.1) is 11.3 Å². The molecule has 1 amide bonds. The van der Waals surface area contributed by atoms with E-state index < -0.39 is 11.5 Å². The van der Waals surface area contributed by atoms with Crippen molar-refractivity contribution in [3.8, 4) is 11.3 Å². The zero-order valence-corrected chi connectivity index (χ0v) is 15.3. The molecular formula is C21H13N3O3S. The number of para-hydroxylation sites is 1. The Bertz CT molecular complexity index is 1350. The number of thiazole rings is 1. The van der Waals surface area contributed by atoms with E-state index in [-0.39, 0.29) is 5.56 Å². The van der Waals surface area contributed by atoms with Gasteiger partial charge in [0.05, 0.1) is 5.69 Å². The summed E-state index contributed by atoms with van der Waals surface area (Å²) in [7, 11) is 0. The van der Waals surface area contributed by atoms with E-state index in [2.05, 4.69) is 10.3 Å². The molecule has 3 aromatic heterocycles. The number of imidazole rings is 1. The molecule has 2 aromatic carbocycles. The molecule has 0 fully saturated rings. The van der Waals surface area contributed by atoms with Gasteiger partial charge in [-0.3, -0.25) is 9.20 Å². The number of hydrogen-bond donors (Lipinski definition) is 1. The molecule has 0 aliphatic rings. The number of anilines is 1. The number of fused-ring (bicyclic) bond motifs is 2. The predicted molar refractivity (Wildman–Crippen MR) is 109 cm³/mol. The van der Waals surface area contributed by atoms with Crippen LogP contribution in [0.1, 0.15) is 10.4 Å². The molecule has 6 nitrogen and oxygen atoms in total. The second-order valence-corrected chi connectivity index (χ2v) is 7.11. The second kappa shape index (κ2) is 6.47. The first-order chi connectivity index (χ1) is 13.7. The fraction of sp³-hybridized carbons (Fsp3) is 0. The number of nitrogens with one attached hydrogen (secondary N) is 1. The van der Waals surface area contributed by atoms with Crippen LogP contribution in [0, 0.1) is 0 Å². The first kappa shape index (κ1) is 16.5. The van der Waals surface area contributed by atoms with Gasteiger partial charge in [-0.2, -0.15) is 0 Å². The molecule has 0 atom stereocenters. The van der Waals surface area contributed by atoms with Crippen molar-refractivity contribution < 1.29 is 9.21 Å². The summed E-state index contributed by atoms with van der Waals surface area (Å²) < 4.78 is 7.19. The first-order valence-electron chi connectivity index (χ1n) is 8.54. The standard InChI is InChI=1S/C21H13N3O3S/c25-19(16-11-14-3-1-2-4-18(14)27-20(16)26)22-15-7-5-13(6-8-15)17-12-24-9-10-28-21(24)23-17/h1-12H,(H,22,25). The van der Waals surface area contributed by atoms with Gasteiger partial charge in [-0.25, -0.2) is 9.78 Å². The molecule has 7 heteroatoms. The van der Waals surface area contributed by atoms with E-state index in [9.17, 15) is 9.59 Å². The highest BCUT2D eigenvalue weighted by Gasteiger charge is 2.14. The zero-order chi connectivity index (χ0) is 19.1. The number of aromatic nitrogens is 2. The van der Waals surface area contributed by atoms with Crippen LogP contribution in [-0.4, -0.2) is 15.3 Å².